The Morgan fingerprint density at radius 1 is 0.923 bits per heavy atom. The SMILES string of the molecule is CC[C@H](C(=O)N[C@@H](C)CC)N(Cc1ccc(Cl)cc1)C(=O)CN(c1cccc(C)c1)S(=O)(=O)c1ccccc1. The van der Waals surface area contributed by atoms with Crippen LogP contribution < -0.4 is 9.62 Å². The Labute approximate surface area is 236 Å². The van der Waals surface area contributed by atoms with Gasteiger partial charge in [-0.15, -0.1) is 0 Å². The van der Waals surface area contributed by atoms with E-state index in [4.69, 9.17) is 11.6 Å². The molecule has 3 rings (SSSR count). The molecule has 7 nitrogen and oxygen atoms in total. The Kier molecular flexibility index (Phi) is 10.5. The van der Waals surface area contributed by atoms with E-state index in [1.807, 2.05) is 33.8 Å². The number of nitrogens with one attached hydrogen (secondary N) is 1. The number of sulfonamides is 1. The summed E-state index contributed by atoms with van der Waals surface area (Å²) < 4.78 is 28.8. The predicted molar refractivity (Wildman–Crippen MR) is 156 cm³/mol. The largest absolute Gasteiger partial charge is 0.352 e. The summed E-state index contributed by atoms with van der Waals surface area (Å²) in [7, 11) is -4.09. The Morgan fingerprint density at radius 2 is 1.59 bits per heavy atom. The number of halogens is 1. The van der Waals surface area contributed by atoms with Gasteiger partial charge in [0.2, 0.25) is 11.8 Å². The molecule has 208 valence electrons. The smallest absolute Gasteiger partial charge is 0.264 e. The number of aryl methyl sites for hydroxylation is 1. The minimum absolute atomic E-state index is 0.0683. The summed E-state index contributed by atoms with van der Waals surface area (Å²) in [5.74, 6) is -0.765. The first-order valence-corrected chi connectivity index (χ1v) is 14.9. The molecule has 9 heteroatoms. The first-order valence-electron chi connectivity index (χ1n) is 13.1. The number of nitrogens with zero attached hydrogens (tertiary/aromatic N) is 2. The molecule has 0 fully saturated rings. The van der Waals surface area contributed by atoms with Crippen LogP contribution in [0.2, 0.25) is 5.02 Å². The number of carbonyl (C=O) groups is 2. The van der Waals surface area contributed by atoms with E-state index >= 15 is 0 Å². The number of hydrogen-bond donors (Lipinski definition) is 1. The number of benzene rings is 3. The third-order valence-electron chi connectivity index (χ3n) is 6.55. The lowest BCUT2D eigenvalue weighted by molar-refractivity contribution is -0.140. The molecule has 0 aromatic heterocycles. The van der Waals surface area contributed by atoms with Crippen LogP contribution >= 0.6 is 11.6 Å². The van der Waals surface area contributed by atoms with E-state index in [-0.39, 0.29) is 23.4 Å². The standard InChI is InChI=1S/C30H36ClN3O4S/c1-5-23(4)32-30(36)28(6-2)33(20-24-15-17-25(31)18-16-24)29(35)21-34(26-12-10-11-22(3)19-26)39(37,38)27-13-8-7-9-14-27/h7-19,23,28H,5-6,20-21H2,1-4H3,(H,32,36)/t23-,28+/m0/s1. The molecule has 0 aliphatic heterocycles. The highest BCUT2D eigenvalue weighted by Crippen LogP contribution is 2.25. The van der Waals surface area contributed by atoms with Crippen molar-refractivity contribution in [1.29, 1.82) is 0 Å². The molecule has 3 aromatic carbocycles. The van der Waals surface area contributed by atoms with Gasteiger partial charge < -0.3 is 10.2 Å². The topological polar surface area (TPSA) is 86.8 Å². The molecule has 0 heterocycles. The highest BCUT2D eigenvalue weighted by atomic mass is 35.5. The Morgan fingerprint density at radius 3 is 2.18 bits per heavy atom. The second kappa shape index (κ2) is 13.6. The quantitative estimate of drug-likeness (QED) is 0.309. The van der Waals surface area contributed by atoms with Crippen molar-refractivity contribution in [3.63, 3.8) is 0 Å². The van der Waals surface area contributed by atoms with Gasteiger partial charge in [-0.05, 0) is 74.2 Å². The van der Waals surface area contributed by atoms with E-state index < -0.39 is 28.5 Å². The van der Waals surface area contributed by atoms with Gasteiger partial charge in [-0.25, -0.2) is 8.42 Å². The number of rotatable bonds is 12. The number of carbonyl (C=O) groups excluding carboxylic acids is 2. The van der Waals surface area contributed by atoms with E-state index in [1.165, 1.54) is 17.0 Å². The maximum absolute atomic E-state index is 14.0. The molecule has 0 aliphatic carbocycles. The van der Waals surface area contributed by atoms with Crippen molar-refractivity contribution in [2.24, 2.45) is 0 Å². The van der Waals surface area contributed by atoms with Crippen molar-refractivity contribution in [2.45, 2.75) is 64.1 Å². The third-order valence-corrected chi connectivity index (χ3v) is 8.59. The van der Waals surface area contributed by atoms with Crippen molar-refractivity contribution >= 4 is 39.1 Å². The van der Waals surface area contributed by atoms with Crippen LogP contribution in [0.4, 0.5) is 5.69 Å². The molecule has 1 N–H and O–H groups in total. The zero-order valence-corrected chi connectivity index (χ0v) is 24.4. The zero-order valence-electron chi connectivity index (χ0n) is 22.8. The van der Waals surface area contributed by atoms with Gasteiger partial charge in [0.1, 0.15) is 12.6 Å². The molecule has 0 saturated carbocycles. The Balaban J connectivity index is 2.04. The van der Waals surface area contributed by atoms with Gasteiger partial charge in [0, 0.05) is 17.6 Å². The fraction of sp³-hybridized carbons (Fsp3) is 0.333. The van der Waals surface area contributed by atoms with Crippen molar-refractivity contribution in [2.75, 3.05) is 10.8 Å². The molecule has 2 atom stereocenters. The molecule has 39 heavy (non-hydrogen) atoms. The van der Waals surface area contributed by atoms with Crippen LogP contribution in [-0.4, -0.2) is 43.8 Å². The minimum Gasteiger partial charge on any atom is -0.352 e. The number of anilines is 1. The normalized spacial score (nSPS) is 12.8. The van der Waals surface area contributed by atoms with Crippen LogP contribution in [0, 0.1) is 6.92 Å². The maximum Gasteiger partial charge on any atom is 0.264 e. The second-order valence-corrected chi connectivity index (χ2v) is 11.9. The van der Waals surface area contributed by atoms with Crippen molar-refractivity contribution in [3.8, 4) is 0 Å². The van der Waals surface area contributed by atoms with Crippen LogP contribution in [0.5, 0.6) is 0 Å². The molecule has 2 amide bonds. The Bertz CT molecular complexity index is 1360. The second-order valence-electron chi connectivity index (χ2n) is 9.55. The van der Waals surface area contributed by atoms with Gasteiger partial charge in [-0.2, -0.15) is 0 Å². The minimum atomic E-state index is -4.09. The van der Waals surface area contributed by atoms with Crippen LogP contribution in [0.15, 0.2) is 83.8 Å². The summed E-state index contributed by atoms with van der Waals surface area (Å²) in [6, 6.07) is 21.2. The summed E-state index contributed by atoms with van der Waals surface area (Å²) in [6.45, 7) is 7.22. The van der Waals surface area contributed by atoms with E-state index in [0.29, 0.717) is 17.1 Å². The molecule has 0 aliphatic rings. The molecule has 0 spiro atoms. The summed E-state index contributed by atoms with van der Waals surface area (Å²) in [5.41, 5.74) is 2.00. The van der Waals surface area contributed by atoms with Gasteiger partial charge in [0.15, 0.2) is 0 Å². The van der Waals surface area contributed by atoms with Crippen LogP contribution in [0.25, 0.3) is 0 Å². The molecule has 3 aromatic rings. The molecule has 0 unspecified atom stereocenters. The molecule has 0 saturated heterocycles. The van der Waals surface area contributed by atoms with Gasteiger partial charge in [0.25, 0.3) is 10.0 Å². The van der Waals surface area contributed by atoms with E-state index in [0.717, 1.165) is 21.9 Å². The summed E-state index contributed by atoms with van der Waals surface area (Å²) >= 11 is 6.06. The monoisotopic (exact) mass is 569 g/mol. The maximum atomic E-state index is 14.0. The molecule has 0 radical (unpaired) electrons. The average Bonchev–Trinajstić information content (AvgIpc) is 2.92. The third kappa shape index (κ3) is 7.83. The van der Waals surface area contributed by atoms with E-state index in [2.05, 4.69) is 5.32 Å². The Hall–Kier alpha value is -3.36. The lowest BCUT2D eigenvalue weighted by Crippen LogP contribution is -2.53. The lowest BCUT2D eigenvalue weighted by atomic mass is 10.1. The average molecular weight is 570 g/mol. The summed E-state index contributed by atoms with van der Waals surface area (Å²) in [6.07, 6.45) is 1.10. The molecular weight excluding hydrogens is 534 g/mol. The number of amides is 2. The predicted octanol–water partition coefficient (Wildman–Crippen LogP) is 5.57. The van der Waals surface area contributed by atoms with Gasteiger partial charge in [0.05, 0.1) is 10.6 Å². The lowest BCUT2D eigenvalue weighted by Gasteiger charge is -2.33. The van der Waals surface area contributed by atoms with Gasteiger partial charge in [-0.1, -0.05) is 67.9 Å². The fourth-order valence-electron chi connectivity index (χ4n) is 4.18. The van der Waals surface area contributed by atoms with E-state index in [9.17, 15) is 18.0 Å². The van der Waals surface area contributed by atoms with E-state index in [1.54, 1.807) is 60.7 Å². The molecule has 0 bridgehead atoms. The first-order chi connectivity index (χ1) is 18.6. The van der Waals surface area contributed by atoms with Crippen molar-refractivity contribution < 1.29 is 18.0 Å². The highest BCUT2D eigenvalue weighted by molar-refractivity contribution is 7.92. The van der Waals surface area contributed by atoms with Crippen LogP contribution in [-0.2, 0) is 26.2 Å². The summed E-state index contributed by atoms with van der Waals surface area (Å²) in [5, 5.41) is 3.53. The van der Waals surface area contributed by atoms with Crippen LogP contribution in [0.1, 0.15) is 44.7 Å². The molecular formula is C30H36ClN3O4S. The van der Waals surface area contributed by atoms with Crippen molar-refractivity contribution in [3.05, 3.63) is 95.0 Å². The first kappa shape index (κ1) is 30.2. The van der Waals surface area contributed by atoms with Gasteiger partial charge >= 0.3 is 0 Å². The fourth-order valence-corrected chi connectivity index (χ4v) is 5.73. The van der Waals surface area contributed by atoms with Crippen molar-refractivity contribution in [1.82, 2.24) is 10.2 Å². The summed E-state index contributed by atoms with van der Waals surface area (Å²) in [4.78, 5) is 28.9. The zero-order chi connectivity index (χ0) is 28.6. The number of hydrogen-bond acceptors (Lipinski definition) is 4. The highest BCUT2D eigenvalue weighted by Gasteiger charge is 2.34. The van der Waals surface area contributed by atoms with Crippen LogP contribution in [0.3, 0.4) is 0 Å². The van der Waals surface area contributed by atoms with Gasteiger partial charge in [-0.3, -0.25) is 13.9 Å².